The van der Waals surface area contributed by atoms with E-state index >= 15 is 0 Å². The molecule has 0 radical (unpaired) electrons. The zero-order chi connectivity index (χ0) is 24.8. The SMILES string of the molecule is CCCCCCOc1ccc(C(=O)NNC(=S)NC(=O)c2ccc(OCCCC)c(Br)c2)cc1. The first-order chi connectivity index (χ1) is 16.4. The van der Waals surface area contributed by atoms with Crippen molar-refractivity contribution >= 4 is 45.1 Å². The number of amides is 2. The molecule has 0 spiro atoms. The number of benzene rings is 2. The predicted octanol–water partition coefficient (Wildman–Crippen LogP) is 5.54. The third kappa shape index (κ3) is 9.69. The lowest BCUT2D eigenvalue weighted by molar-refractivity contribution is 0.0934. The normalized spacial score (nSPS) is 10.3. The van der Waals surface area contributed by atoms with E-state index in [2.05, 4.69) is 45.9 Å². The minimum Gasteiger partial charge on any atom is -0.494 e. The fourth-order valence-electron chi connectivity index (χ4n) is 2.90. The average molecular weight is 551 g/mol. The molecule has 0 saturated heterocycles. The number of hydrogen-bond donors (Lipinski definition) is 3. The Bertz CT molecular complexity index is 954. The van der Waals surface area contributed by atoms with Crippen LogP contribution in [0.3, 0.4) is 0 Å². The summed E-state index contributed by atoms with van der Waals surface area (Å²) in [5.74, 6) is 0.595. The number of rotatable bonds is 12. The Balaban J connectivity index is 1.77. The summed E-state index contributed by atoms with van der Waals surface area (Å²) in [5, 5.41) is 2.51. The Labute approximate surface area is 215 Å². The van der Waals surface area contributed by atoms with Crippen LogP contribution >= 0.6 is 28.1 Å². The summed E-state index contributed by atoms with van der Waals surface area (Å²) in [6.07, 6.45) is 6.54. The highest BCUT2D eigenvalue weighted by Gasteiger charge is 2.12. The van der Waals surface area contributed by atoms with Crippen molar-refractivity contribution in [2.45, 2.75) is 52.4 Å². The van der Waals surface area contributed by atoms with Crippen molar-refractivity contribution in [2.24, 2.45) is 0 Å². The van der Waals surface area contributed by atoms with Crippen LogP contribution in [0, 0.1) is 0 Å². The average Bonchev–Trinajstić information content (AvgIpc) is 2.84. The van der Waals surface area contributed by atoms with Gasteiger partial charge in [-0.25, -0.2) is 0 Å². The summed E-state index contributed by atoms with van der Waals surface area (Å²) in [6.45, 7) is 5.53. The van der Waals surface area contributed by atoms with Gasteiger partial charge in [0.05, 0.1) is 17.7 Å². The molecule has 0 aliphatic rings. The number of nitrogens with one attached hydrogen (secondary N) is 3. The van der Waals surface area contributed by atoms with Crippen LogP contribution < -0.4 is 25.6 Å². The lowest BCUT2D eigenvalue weighted by Crippen LogP contribution is -2.48. The largest absolute Gasteiger partial charge is 0.494 e. The van der Waals surface area contributed by atoms with Crippen molar-refractivity contribution < 1.29 is 19.1 Å². The number of ether oxygens (including phenoxy) is 2. The van der Waals surface area contributed by atoms with Crippen LogP contribution in [-0.2, 0) is 0 Å². The molecule has 0 fully saturated rings. The van der Waals surface area contributed by atoms with E-state index in [1.165, 1.54) is 12.8 Å². The predicted molar refractivity (Wildman–Crippen MR) is 141 cm³/mol. The third-order valence-corrected chi connectivity index (χ3v) is 5.67. The van der Waals surface area contributed by atoms with Crippen molar-refractivity contribution in [1.29, 1.82) is 0 Å². The van der Waals surface area contributed by atoms with Crippen LogP contribution in [0.1, 0.15) is 73.1 Å². The number of carbonyl (C=O) groups is 2. The second-order valence-electron chi connectivity index (χ2n) is 7.64. The Morgan fingerprint density at radius 2 is 1.50 bits per heavy atom. The zero-order valence-corrected chi connectivity index (χ0v) is 22.0. The summed E-state index contributed by atoms with van der Waals surface area (Å²) >= 11 is 8.53. The number of hydrazine groups is 1. The molecule has 2 amide bonds. The van der Waals surface area contributed by atoms with Gasteiger partial charge in [-0.15, -0.1) is 0 Å². The number of halogens is 1. The molecule has 3 N–H and O–H groups in total. The number of carbonyl (C=O) groups excluding carboxylic acids is 2. The molecule has 0 heterocycles. The van der Waals surface area contributed by atoms with Gasteiger partial charge in [0, 0.05) is 11.1 Å². The molecule has 7 nitrogen and oxygen atoms in total. The van der Waals surface area contributed by atoms with Crippen LogP contribution in [0.2, 0.25) is 0 Å². The molecular weight excluding hydrogens is 518 g/mol. The van der Waals surface area contributed by atoms with Gasteiger partial charge in [0.1, 0.15) is 11.5 Å². The van der Waals surface area contributed by atoms with Crippen LogP contribution in [0.25, 0.3) is 0 Å². The maximum atomic E-state index is 12.4. The monoisotopic (exact) mass is 549 g/mol. The molecule has 0 aromatic heterocycles. The van der Waals surface area contributed by atoms with Gasteiger partial charge in [0.2, 0.25) is 0 Å². The molecule has 0 saturated carbocycles. The molecule has 2 aromatic rings. The highest BCUT2D eigenvalue weighted by atomic mass is 79.9. The topological polar surface area (TPSA) is 88.7 Å². The van der Waals surface area contributed by atoms with Crippen LogP contribution in [0.15, 0.2) is 46.9 Å². The van der Waals surface area contributed by atoms with Gasteiger partial charge in [-0.05, 0) is 83.5 Å². The minimum absolute atomic E-state index is 0.0234. The summed E-state index contributed by atoms with van der Waals surface area (Å²) in [6, 6.07) is 11.9. The fraction of sp³-hybridized carbons (Fsp3) is 0.400. The van der Waals surface area contributed by atoms with Gasteiger partial charge in [-0.3, -0.25) is 25.8 Å². The number of unbranched alkanes of at least 4 members (excludes halogenated alkanes) is 4. The lowest BCUT2D eigenvalue weighted by Gasteiger charge is -2.12. The maximum absolute atomic E-state index is 12.4. The fourth-order valence-corrected chi connectivity index (χ4v) is 3.54. The van der Waals surface area contributed by atoms with E-state index < -0.39 is 5.91 Å². The van der Waals surface area contributed by atoms with Crippen molar-refractivity contribution in [3.8, 4) is 11.5 Å². The van der Waals surface area contributed by atoms with E-state index in [1.807, 2.05) is 0 Å². The molecule has 2 rings (SSSR count). The molecule has 184 valence electrons. The van der Waals surface area contributed by atoms with E-state index in [9.17, 15) is 9.59 Å². The maximum Gasteiger partial charge on any atom is 0.269 e. The van der Waals surface area contributed by atoms with E-state index in [4.69, 9.17) is 21.7 Å². The Kier molecular flexibility index (Phi) is 12.4. The summed E-state index contributed by atoms with van der Waals surface area (Å²) < 4.78 is 12.0. The van der Waals surface area contributed by atoms with Crippen molar-refractivity contribution in [3.05, 3.63) is 58.1 Å². The summed E-state index contributed by atoms with van der Waals surface area (Å²) in [5.41, 5.74) is 5.85. The third-order valence-electron chi connectivity index (χ3n) is 4.85. The van der Waals surface area contributed by atoms with Gasteiger partial charge >= 0.3 is 0 Å². The molecule has 9 heteroatoms. The molecular formula is C25H32BrN3O4S. The Morgan fingerprint density at radius 3 is 2.18 bits per heavy atom. The van der Waals surface area contributed by atoms with E-state index in [1.54, 1.807) is 42.5 Å². The Hall–Kier alpha value is -2.65. The second kappa shape index (κ2) is 15.3. The van der Waals surface area contributed by atoms with E-state index in [0.717, 1.165) is 31.4 Å². The van der Waals surface area contributed by atoms with Gasteiger partial charge in [0.15, 0.2) is 5.11 Å². The van der Waals surface area contributed by atoms with Gasteiger partial charge in [-0.1, -0.05) is 39.5 Å². The van der Waals surface area contributed by atoms with Crippen LogP contribution in [0.5, 0.6) is 11.5 Å². The van der Waals surface area contributed by atoms with E-state index in [-0.39, 0.29) is 11.0 Å². The zero-order valence-electron chi connectivity index (χ0n) is 19.6. The van der Waals surface area contributed by atoms with Gasteiger partial charge < -0.3 is 9.47 Å². The first-order valence-corrected chi connectivity index (χ1v) is 12.7. The molecule has 0 bridgehead atoms. The first-order valence-electron chi connectivity index (χ1n) is 11.5. The van der Waals surface area contributed by atoms with E-state index in [0.29, 0.717) is 34.6 Å². The Morgan fingerprint density at radius 1 is 0.824 bits per heavy atom. The minimum atomic E-state index is -0.409. The molecule has 0 aliphatic heterocycles. The first kappa shape index (κ1) is 27.6. The van der Waals surface area contributed by atoms with Crippen LogP contribution in [0.4, 0.5) is 0 Å². The van der Waals surface area contributed by atoms with Crippen molar-refractivity contribution in [2.75, 3.05) is 13.2 Å². The second-order valence-corrected chi connectivity index (χ2v) is 8.91. The highest BCUT2D eigenvalue weighted by Crippen LogP contribution is 2.26. The van der Waals surface area contributed by atoms with Crippen molar-refractivity contribution in [1.82, 2.24) is 16.2 Å². The molecule has 2 aromatic carbocycles. The van der Waals surface area contributed by atoms with Crippen LogP contribution in [-0.4, -0.2) is 30.1 Å². The lowest BCUT2D eigenvalue weighted by atomic mass is 10.2. The molecule has 0 aliphatic carbocycles. The number of thiocarbonyl (C=S) groups is 1. The molecule has 0 unspecified atom stereocenters. The van der Waals surface area contributed by atoms with Gasteiger partial charge in [-0.2, -0.15) is 0 Å². The molecule has 0 atom stereocenters. The standard InChI is InChI=1S/C25H32BrN3O4S/c1-3-5-7-8-16-32-20-12-9-18(10-13-20)24(31)28-29-25(34)27-23(30)19-11-14-22(21(26)17-19)33-15-6-4-2/h9-14,17H,3-8,15-16H2,1-2H3,(H,28,31)(H2,27,29,30,34). The number of hydrogen-bond acceptors (Lipinski definition) is 5. The molecule has 34 heavy (non-hydrogen) atoms. The smallest absolute Gasteiger partial charge is 0.269 e. The highest BCUT2D eigenvalue weighted by molar-refractivity contribution is 9.10. The summed E-state index contributed by atoms with van der Waals surface area (Å²) in [4.78, 5) is 24.8. The summed E-state index contributed by atoms with van der Waals surface area (Å²) in [7, 11) is 0. The van der Waals surface area contributed by atoms with Gasteiger partial charge in [0.25, 0.3) is 11.8 Å². The van der Waals surface area contributed by atoms with Crippen molar-refractivity contribution in [3.63, 3.8) is 0 Å². The quantitative estimate of drug-likeness (QED) is 0.183.